The van der Waals surface area contributed by atoms with Gasteiger partial charge in [-0.2, -0.15) is 0 Å². The molecule has 82 valence electrons. The van der Waals surface area contributed by atoms with Crippen LogP contribution in [0.1, 0.15) is 51.9 Å². The van der Waals surface area contributed by atoms with Crippen molar-refractivity contribution in [2.75, 3.05) is 0 Å². The Morgan fingerprint density at radius 3 is 2.21 bits per heavy atom. The van der Waals surface area contributed by atoms with E-state index in [0.717, 1.165) is 12.8 Å². The Morgan fingerprint density at radius 2 is 1.64 bits per heavy atom. The van der Waals surface area contributed by atoms with Crippen LogP contribution in [0, 0.1) is 0 Å². The van der Waals surface area contributed by atoms with E-state index in [1.54, 1.807) is 0 Å². The Hall–Kier alpha value is -0.990. The normalized spacial score (nSPS) is 11.6. The third-order valence-corrected chi connectivity index (χ3v) is 2.11. The number of carboxylic acids is 1. The highest BCUT2D eigenvalue weighted by Crippen LogP contribution is 2.07. The number of hydrogen-bond acceptors (Lipinski definition) is 2. The van der Waals surface area contributed by atoms with E-state index in [1.807, 2.05) is 0 Å². The fourth-order valence-corrected chi connectivity index (χ4v) is 1.25. The zero-order chi connectivity index (χ0) is 10.8. The topological polar surface area (TPSA) is 57.5 Å². The minimum absolute atomic E-state index is 0.529. The first-order chi connectivity index (χ1) is 6.68. The zero-order valence-electron chi connectivity index (χ0n) is 8.83. The van der Waals surface area contributed by atoms with E-state index in [9.17, 15) is 4.79 Å². The molecule has 0 saturated heterocycles. The fourth-order valence-electron chi connectivity index (χ4n) is 1.25. The van der Waals surface area contributed by atoms with Gasteiger partial charge in [0.05, 0.1) is 0 Å². The van der Waals surface area contributed by atoms with Gasteiger partial charge in [0.2, 0.25) is 0 Å². The SMILES string of the molecule is CCCCCCCCC=C(O)C(=O)O. The average molecular weight is 200 g/mol. The van der Waals surface area contributed by atoms with Gasteiger partial charge in [-0.15, -0.1) is 0 Å². The summed E-state index contributed by atoms with van der Waals surface area (Å²) in [5.41, 5.74) is 0. The van der Waals surface area contributed by atoms with Crippen molar-refractivity contribution in [3.8, 4) is 0 Å². The van der Waals surface area contributed by atoms with E-state index in [1.165, 1.54) is 31.8 Å². The summed E-state index contributed by atoms with van der Waals surface area (Å²) in [4.78, 5) is 10.2. The molecule has 0 fully saturated rings. The molecule has 14 heavy (non-hydrogen) atoms. The van der Waals surface area contributed by atoms with Crippen molar-refractivity contribution in [2.24, 2.45) is 0 Å². The van der Waals surface area contributed by atoms with Gasteiger partial charge >= 0.3 is 5.97 Å². The fraction of sp³-hybridized carbons (Fsp3) is 0.727. The maximum absolute atomic E-state index is 10.2. The number of rotatable bonds is 8. The highest BCUT2D eigenvalue weighted by molar-refractivity contribution is 5.83. The minimum Gasteiger partial charge on any atom is -0.502 e. The van der Waals surface area contributed by atoms with Gasteiger partial charge in [0, 0.05) is 0 Å². The summed E-state index contributed by atoms with van der Waals surface area (Å²) in [6, 6.07) is 0. The summed E-state index contributed by atoms with van der Waals surface area (Å²) in [7, 11) is 0. The van der Waals surface area contributed by atoms with Crippen molar-refractivity contribution < 1.29 is 15.0 Å². The quantitative estimate of drug-likeness (QED) is 0.359. The van der Waals surface area contributed by atoms with Gasteiger partial charge in [-0.25, -0.2) is 4.79 Å². The molecule has 3 heteroatoms. The molecule has 0 radical (unpaired) electrons. The molecule has 0 aromatic rings. The Labute approximate surface area is 85.4 Å². The molecule has 3 nitrogen and oxygen atoms in total. The van der Waals surface area contributed by atoms with Gasteiger partial charge in [0.25, 0.3) is 0 Å². The van der Waals surface area contributed by atoms with E-state index in [-0.39, 0.29) is 0 Å². The van der Waals surface area contributed by atoms with Crippen LogP contribution in [-0.4, -0.2) is 16.2 Å². The number of aliphatic hydroxyl groups is 1. The summed E-state index contributed by atoms with van der Waals surface area (Å²) in [6.07, 6.45) is 9.08. The largest absolute Gasteiger partial charge is 0.502 e. The smallest absolute Gasteiger partial charge is 0.370 e. The molecular formula is C11H20O3. The lowest BCUT2D eigenvalue weighted by molar-refractivity contribution is -0.135. The minimum atomic E-state index is -1.24. The third kappa shape index (κ3) is 7.65. The van der Waals surface area contributed by atoms with Crippen LogP contribution in [0.5, 0.6) is 0 Å². The van der Waals surface area contributed by atoms with Crippen LogP contribution in [0.2, 0.25) is 0 Å². The molecule has 0 aromatic heterocycles. The molecule has 2 N–H and O–H groups in total. The van der Waals surface area contributed by atoms with Gasteiger partial charge in [0.15, 0.2) is 5.76 Å². The van der Waals surface area contributed by atoms with E-state index < -0.39 is 11.7 Å². The Kier molecular flexibility index (Phi) is 7.99. The van der Waals surface area contributed by atoms with Gasteiger partial charge in [0.1, 0.15) is 0 Å². The first kappa shape index (κ1) is 13.0. The molecule has 0 rings (SSSR count). The first-order valence-electron chi connectivity index (χ1n) is 5.31. The van der Waals surface area contributed by atoms with Crippen LogP contribution >= 0.6 is 0 Å². The number of carbonyl (C=O) groups is 1. The lowest BCUT2D eigenvalue weighted by atomic mass is 10.1. The van der Waals surface area contributed by atoms with E-state index in [2.05, 4.69) is 6.92 Å². The second-order valence-electron chi connectivity index (χ2n) is 3.45. The molecule has 0 bridgehead atoms. The molecule has 0 aliphatic carbocycles. The molecule has 0 heterocycles. The number of hydrogen-bond donors (Lipinski definition) is 2. The molecule has 0 aromatic carbocycles. The summed E-state index contributed by atoms with van der Waals surface area (Å²) in [6.45, 7) is 2.17. The van der Waals surface area contributed by atoms with Crippen LogP contribution < -0.4 is 0 Å². The van der Waals surface area contributed by atoms with Crippen molar-refractivity contribution in [1.82, 2.24) is 0 Å². The van der Waals surface area contributed by atoms with Gasteiger partial charge < -0.3 is 10.2 Å². The predicted molar refractivity (Wildman–Crippen MR) is 56.3 cm³/mol. The highest BCUT2D eigenvalue weighted by atomic mass is 16.4. The predicted octanol–water partition coefficient (Wildman–Crippen LogP) is 3.26. The summed E-state index contributed by atoms with van der Waals surface area (Å²) >= 11 is 0. The van der Waals surface area contributed by atoms with Crippen molar-refractivity contribution in [2.45, 2.75) is 51.9 Å². The molecule has 0 spiro atoms. The Bertz CT molecular complexity index is 185. The van der Waals surface area contributed by atoms with Crippen LogP contribution in [0.3, 0.4) is 0 Å². The number of aliphatic hydroxyl groups excluding tert-OH is 1. The van der Waals surface area contributed by atoms with Crippen LogP contribution in [0.25, 0.3) is 0 Å². The van der Waals surface area contributed by atoms with Crippen LogP contribution in [0.15, 0.2) is 11.8 Å². The molecule has 0 aliphatic heterocycles. The molecule has 0 amide bonds. The van der Waals surface area contributed by atoms with E-state index >= 15 is 0 Å². The van der Waals surface area contributed by atoms with E-state index in [0.29, 0.717) is 6.42 Å². The van der Waals surface area contributed by atoms with Crippen LogP contribution in [0.4, 0.5) is 0 Å². The highest BCUT2D eigenvalue weighted by Gasteiger charge is 2.01. The number of aliphatic carboxylic acids is 1. The summed E-state index contributed by atoms with van der Waals surface area (Å²) in [5.74, 6) is -1.77. The van der Waals surface area contributed by atoms with Crippen molar-refractivity contribution in [1.29, 1.82) is 0 Å². The third-order valence-electron chi connectivity index (χ3n) is 2.11. The second-order valence-corrected chi connectivity index (χ2v) is 3.45. The van der Waals surface area contributed by atoms with Crippen molar-refractivity contribution in [3.05, 3.63) is 11.8 Å². The number of unbranched alkanes of at least 4 members (excludes halogenated alkanes) is 6. The van der Waals surface area contributed by atoms with Gasteiger partial charge in [-0.3, -0.25) is 0 Å². The Morgan fingerprint density at radius 1 is 1.07 bits per heavy atom. The summed E-state index contributed by atoms with van der Waals surface area (Å²) < 4.78 is 0. The maximum atomic E-state index is 10.2. The molecule has 0 aliphatic rings. The van der Waals surface area contributed by atoms with Gasteiger partial charge in [-0.05, 0) is 18.9 Å². The Balaban J connectivity index is 3.29. The second kappa shape index (κ2) is 8.60. The lowest BCUT2D eigenvalue weighted by Gasteiger charge is -1.97. The zero-order valence-corrected chi connectivity index (χ0v) is 8.83. The van der Waals surface area contributed by atoms with Crippen LogP contribution in [-0.2, 0) is 4.79 Å². The monoisotopic (exact) mass is 200 g/mol. The van der Waals surface area contributed by atoms with Crippen molar-refractivity contribution in [3.63, 3.8) is 0 Å². The van der Waals surface area contributed by atoms with Crippen molar-refractivity contribution >= 4 is 5.97 Å². The van der Waals surface area contributed by atoms with Gasteiger partial charge in [-0.1, -0.05) is 39.0 Å². The number of carboxylic acid groups (broad SMARTS) is 1. The molecule has 0 unspecified atom stereocenters. The lowest BCUT2D eigenvalue weighted by Crippen LogP contribution is -1.98. The van der Waals surface area contributed by atoms with E-state index in [4.69, 9.17) is 10.2 Å². The molecule has 0 atom stereocenters. The number of allylic oxidation sites excluding steroid dienone is 1. The first-order valence-corrected chi connectivity index (χ1v) is 5.31. The molecular weight excluding hydrogens is 180 g/mol. The molecule has 0 saturated carbocycles. The standard InChI is InChI=1S/C11H20O3/c1-2-3-4-5-6-7-8-9-10(12)11(13)14/h9,12H,2-8H2,1H3,(H,13,14). The summed E-state index contributed by atoms with van der Waals surface area (Å²) in [5, 5.41) is 17.2. The average Bonchev–Trinajstić information content (AvgIpc) is 2.16. The maximum Gasteiger partial charge on any atom is 0.370 e.